The van der Waals surface area contributed by atoms with Crippen molar-refractivity contribution < 1.29 is 13.6 Å². The Kier molecular flexibility index (Phi) is 4.49. The number of aryl methyl sites for hydroxylation is 1. The molecule has 0 unspecified atom stereocenters. The van der Waals surface area contributed by atoms with Crippen LogP contribution in [0.3, 0.4) is 0 Å². The fourth-order valence-electron chi connectivity index (χ4n) is 1.67. The molecule has 1 amide bonds. The van der Waals surface area contributed by atoms with Crippen molar-refractivity contribution in [3.63, 3.8) is 0 Å². The van der Waals surface area contributed by atoms with Crippen molar-refractivity contribution in [3.05, 3.63) is 69.2 Å². The van der Waals surface area contributed by atoms with Crippen molar-refractivity contribution in [1.29, 1.82) is 0 Å². The summed E-state index contributed by atoms with van der Waals surface area (Å²) in [4.78, 5) is 11.9. The lowest BCUT2D eigenvalue weighted by Gasteiger charge is -2.07. The van der Waals surface area contributed by atoms with E-state index in [-0.39, 0.29) is 12.5 Å². The second-order valence-electron chi connectivity index (χ2n) is 4.40. The first-order chi connectivity index (χ1) is 9.47. The summed E-state index contributed by atoms with van der Waals surface area (Å²) in [7, 11) is 0. The van der Waals surface area contributed by atoms with E-state index < -0.39 is 11.6 Å². The number of carbonyl (C=O) groups is 1. The van der Waals surface area contributed by atoms with Crippen LogP contribution in [-0.4, -0.2) is 5.91 Å². The van der Waals surface area contributed by atoms with E-state index in [4.69, 9.17) is 0 Å². The van der Waals surface area contributed by atoms with Gasteiger partial charge in [0.15, 0.2) is 11.6 Å². The fraction of sp³-hybridized carbons (Fsp3) is 0.133. The lowest BCUT2D eigenvalue weighted by atomic mass is 10.1. The molecule has 0 bridgehead atoms. The first-order valence-corrected chi connectivity index (χ1v) is 6.75. The molecule has 0 radical (unpaired) electrons. The Morgan fingerprint density at radius 3 is 2.55 bits per heavy atom. The van der Waals surface area contributed by atoms with Gasteiger partial charge in [-0.3, -0.25) is 4.79 Å². The van der Waals surface area contributed by atoms with Crippen LogP contribution < -0.4 is 5.32 Å². The molecule has 0 saturated carbocycles. The molecule has 2 aromatic rings. The van der Waals surface area contributed by atoms with E-state index >= 15 is 0 Å². The van der Waals surface area contributed by atoms with Crippen LogP contribution in [0.4, 0.5) is 8.78 Å². The van der Waals surface area contributed by atoms with Crippen LogP contribution in [0.15, 0.2) is 40.9 Å². The SMILES string of the molecule is Cc1ccc(C(=O)NCc2ccc(F)c(F)c2)cc1Br. The number of hydrogen-bond donors (Lipinski definition) is 1. The Bertz CT molecular complexity index is 658. The van der Waals surface area contributed by atoms with Crippen LogP contribution in [0.5, 0.6) is 0 Å². The average molecular weight is 340 g/mol. The number of hydrogen-bond acceptors (Lipinski definition) is 1. The molecule has 2 rings (SSSR count). The predicted molar refractivity (Wildman–Crippen MR) is 76.4 cm³/mol. The summed E-state index contributed by atoms with van der Waals surface area (Å²) in [6.45, 7) is 2.06. The third-order valence-electron chi connectivity index (χ3n) is 2.87. The van der Waals surface area contributed by atoms with Crippen LogP contribution in [0.25, 0.3) is 0 Å². The van der Waals surface area contributed by atoms with Crippen molar-refractivity contribution >= 4 is 21.8 Å². The molecule has 0 aliphatic heterocycles. The van der Waals surface area contributed by atoms with Gasteiger partial charge in [0.05, 0.1) is 0 Å². The molecular weight excluding hydrogens is 328 g/mol. The summed E-state index contributed by atoms with van der Waals surface area (Å²) in [6, 6.07) is 8.80. The van der Waals surface area contributed by atoms with Crippen molar-refractivity contribution in [1.82, 2.24) is 5.32 Å². The summed E-state index contributed by atoms with van der Waals surface area (Å²) in [5.41, 5.74) is 2.04. The minimum Gasteiger partial charge on any atom is -0.348 e. The molecule has 1 N–H and O–H groups in total. The van der Waals surface area contributed by atoms with Gasteiger partial charge in [0, 0.05) is 16.6 Å². The molecule has 0 aliphatic carbocycles. The molecule has 20 heavy (non-hydrogen) atoms. The van der Waals surface area contributed by atoms with Crippen LogP contribution in [0.1, 0.15) is 21.5 Å². The number of halogens is 3. The highest BCUT2D eigenvalue weighted by Gasteiger charge is 2.08. The predicted octanol–water partition coefficient (Wildman–Crippen LogP) is 3.97. The minimum absolute atomic E-state index is 0.140. The molecule has 2 nitrogen and oxygen atoms in total. The summed E-state index contributed by atoms with van der Waals surface area (Å²) in [5.74, 6) is -2.09. The normalized spacial score (nSPS) is 10.4. The quantitative estimate of drug-likeness (QED) is 0.900. The average Bonchev–Trinajstić information content (AvgIpc) is 2.43. The van der Waals surface area contributed by atoms with Crippen molar-refractivity contribution in [2.75, 3.05) is 0 Å². The standard InChI is InChI=1S/C15H12BrF2NO/c1-9-2-4-11(7-12(9)16)15(20)19-8-10-3-5-13(17)14(18)6-10/h2-7H,8H2,1H3,(H,19,20). The highest BCUT2D eigenvalue weighted by Crippen LogP contribution is 2.17. The van der Waals surface area contributed by atoms with Gasteiger partial charge in [-0.05, 0) is 42.3 Å². The number of benzene rings is 2. The molecule has 0 aromatic heterocycles. The van der Waals surface area contributed by atoms with Gasteiger partial charge in [0.2, 0.25) is 0 Å². The number of carbonyl (C=O) groups excluding carboxylic acids is 1. The first-order valence-electron chi connectivity index (χ1n) is 5.95. The molecule has 0 aliphatic rings. The Morgan fingerprint density at radius 1 is 1.15 bits per heavy atom. The van der Waals surface area contributed by atoms with E-state index in [1.54, 1.807) is 12.1 Å². The second-order valence-corrected chi connectivity index (χ2v) is 5.25. The summed E-state index contributed by atoms with van der Waals surface area (Å²) >= 11 is 3.36. The number of nitrogens with one attached hydrogen (secondary N) is 1. The van der Waals surface area contributed by atoms with Gasteiger partial charge in [-0.25, -0.2) is 8.78 Å². The molecule has 0 fully saturated rings. The Morgan fingerprint density at radius 2 is 1.90 bits per heavy atom. The van der Waals surface area contributed by atoms with Gasteiger partial charge in [-0.15, -0.1) is 0 Å². The highest BCUT2D eigenvalue weighted by molar-refractivity contribution is 9.10. The number of amides is 1. The van der Waals surface area contributed by atoms with Crippen molar-refractivity contribution in [3.8, 4) is 0 Å². The van der Waals surface area contributed by atoms with Crippen molar-refractivity contribution in [2.24, 2.45) is 0 Å². The summed E-state index contributed by atoms with van der Waals surface area (Å²) in [6.07, 6.45) is 0. The lowest BCUT2D eigenvalue weighted by Crippen LogP contribution is -2.22. The molecule has 104 valence electrons. The smallest absolute Gasteiger partial charge is 0.251 e. The molecule has 0 spiro atoms. The maximum atomic E-state index is 13.0. The van der Waals surface area contributed by atoms with Gasteiger partial charge in [-0.2, -0.15) is 0 Å². The Hall–Kier alpha value is -1.75. The van der Waals surface area contributed by atoms with Gasteiger partial charge >= 0.3 is 0 Å². The van der Waals surface area contributed by atoms with Crippen LogP contribution >= 0.6 is 15.9 Å². The monoisotopic (exact) mass is 339 g/mol. The van der Waals surface area contributed by atoms with Crippen molar-refractivity contribution in [2.45, 2.75) is 13.5 Å². The van der Waals surface area contributed by atoms with Gasteiger partial charge in [0.25, 0.3) is 5.91 Å². The zero-order valence-electron chi connectivity index (χ0n) is 10.7. The molecule has 0 heterocycles. The van der Waals surface area contributed by atoms with E-state index in [1.165, 1.54) is 6.07 Å². The fourth-order valence-corrected chi connectivity index (χ4v) is 2.05. The zero-order valence-corrected chi connectivity index (χ0v) is 12.3. The van der Waals surface area contributed by atoms with Gasteiger partial charge in [0.1, 0.15) is 0 Å². The van der Waals surface area contributed by atoms with Crippen LogP contribution in [-0.2, 0) is 6.54 Å². The maximum Gasteiger partial charge on any atom is 0.251 e. The minimum atomic E-state index is -0.921. The summed E-state index contributed by atoms with van der Waals surface area (Å²) < 4.78 is 26.7. The Balaban J connectivity index is 2.04. The maximum absolute atomic E-state index is 13.0. The van der Waals surface area contributed by atoms with Crippen LogP contribution in [0.2, 0.25) is 0 Å². The van der Waals surface area contributed by atoms with E-state index in [0.717, 1.165) is 22.2 Å². The third kappa shape index (κ3) is 3.42. The van der Waals surface area contributed by atoms with E-state index in [2.05, 4.69) is 21.2 Å². The number of rotatable bonds is 3. The first kappa shape index (κ1) is 14.7. The molecule has 0 saturated heterocycles. The lowest BCUT2D eigenvalue weighted by molar-refractivity contribution is 0.0951. The third-order valence-corrected chi connectivity index (χ3v) is 3.73. The molecular formula is C15H12BrF2NO. The largest absolute Gasteiger partial charge is 0.348 e. The highest BCUT2D eigenvalue weighted by atomic mass is 79.9. The zero-order chi connectivity index (χ0) is 14.7. The van der Waals surface area contributed by atoms with Gasteiger partial charge < -0.3 is 5.32 Å². The molecule has 2 aromatic carbocycles. The van der Waals surface area contributed by atoms with E-state index in [9.17, 15) is 13.6 Å². The van der Waals surface area contributed by atoms with Gasteiger partial charge in [-0.1, -0.05) is 28.1 Å². The van der Waals surface area contributed by atoms with Crippen LogP contribution in [0, 0.1) is 18.6 Å². The summed E-state index contributed by atoms with van der Waals surface area (Å²) in [5, 5.41) is 2.66. The second kappa shape index (κ2) is 6.13. The van der Waals surface area contributed by atoms with E-state index in [0.29, 0.717) is 11.1 Å². The molecule has 5 heteroatoms. The topological polar surface area (TPSA) is 29.1 Å². The molecule has 0 atom stereocenters. The Labute approximate surface area is 123 Å². The van der Waals surface area contributed by atoms with E-state index in [1.807, 2.05) is 13.0 Å².